The molecule has 2 N–H and O–H groups in total. The summed E-state index contributed by atoms with van der Waals surface area (Å²) in [6, 6.07) is 13.3. The Hall–Kier alpha value is -1.74. The second-order valence-corrected chi connectivity index (χ2v) is 13.8. The first-order chi connectivity index (χ1) is 14.7. The topological polar surface area (TPSA) is 92.3 Å². The molecule has 32 heavy (non-hydrogen) atoms. The van der Waals surface area contributed by atoms with Crippen molar-refractivity contribution >= 4 is 20.0 Å². The van der Waals surface area contributed by atoms with Gasteiger partial charge >= 0.3 is 0 Å². The number of nitrogens with one attached hydrogen (secondary N) is 2. The summed E-state index contributed by atoms with van der Waals surface area (Å²) in [6.45, 7) is 10.3. The maximum Gasteiger partial charge on any atom is 0.240 e. The van der Waals surface area contributed by atoms with E-state index < -0.39 is 20.0 Å². The van der Waals surface area contributed by atoms with Crippen molar-refractivity contribution in [3.05, 3.63) is 59.7 Å². The van der Waals surface area contributed by atoms with E-state index in [9.17, 15) is 16.8 Å². The zero-order chi connectivity index (χ0) is 23.8. The van der Waals surface area contributed by atoms with Gasteiger partial charge in [0.05, 0.1) is 9.79 Å². The quantitative estimate of drug-likeness (QED) is 0.625. The average molecular weight is 479 g/mol. The molecule has 2 aromatic rings. The Labute approximate surface area is 192 Å². The van der Waals surface area contributed by atoms with Crippen molar-refractivity contribution in [2.24, 2.45) is 10.8 Å². The van der Waals surface area contributed by atoms with Gasteiger partial charge in [-0.3, -0.25) is 0 Å². The van der Waals surface area contributed by atoms with Crippen molar-refractivity contribution in [3.63, 3.8) is 0 Å². The van der Waals surface area contributed by atoms with E-state index in [-0.39, 0.29) is 33.2 Å². The number of benzene rings is 2. The van der Waals surface area contributed by atoms with E-state index in [0.717, 1.165) is 17.5 Å². The molecule has 2 atom stereocenters. The summed E-state index contributed by atoms with van der Waals surface area (Å²) in [5, 5.41) is 0. The molecule has 0 heterocycles. The first-order valence-electron chi connectivity index (χ1n) is 10.9. The fourth-order valence-corrected chi connectivity index (χ4v) is 7.36. The van der Waals surface area contributed by atoms with Gasteiger partial charge in [0.25, 0.3) is 0 Å². The minimum absolute atomic E-state index is 0.136. The number of rotatable bonds is 7. The van der Waals surface area contributed by atoms with Crippen LogP contribution in [0.25, 0.3) is 0 Å². The van der Waals surface area contributed by atoms with Crippen molar-refractivity contribution < 1.29 is 16.8 Å². The summed E-state index contributed by atoms with van der Waals surface area (Å²) >= 11 is 0. The van der Waals surface area contributed by atoms with Crippen LogP contribution in [0, 0.1) is 24.7 Å². The highest BCUT2D eigenvalue weighted by atomic mass is 32.2. The largest absolute Gasteiger partial charge is 0.240 e. The molecule has 0 aliphatic heterocycles. The fourth-order valence-electron chi connectivity index (χ4n) is 4.93. The van der Waals surface area contributed by atoms with Crippen molar-refractivity contribution in [1.29, 1.82) is 0 Å². The third kappa shape index (κ3) is 6.19. The molecule has 0 unspecified atom stereocenters. The van der Waals surface area contributed by atoms with Gasteiger partial charge in [0.2, 0.25) is 20.0 Å². The summed E-state index contributed by atoms with van der Waals surface area (Å²) in [4.78, 5) is 0.478. The van der Waals surface area contributed by atoms with Gasteiger partial charge in [0, 0.05) is 12.6 Å². The molecule has 6 nitrogen and oxygen atoms in total. The van der Waals surface area contributed by atoms with Crippen LogP contribution in [0.2, 0.25) is 0 Å². The van der Waals surface area contributed by atoms with Crippen LogP contribution >= 0.6 is 0 Å². The molecule has 2 aromatic carbocycles. The van der Waals surface area contributed by atoms with E-state index in [1.54, 1.807) is 48.5 Å². The van der Waals surface area contributed by atoms with Gasteiger partial charge in [0.1, 0.15) is 0 Å². The van der Waals surface area contributed by atoms with Crippen LogP contribution in [0.3, 0.4) is 0 Å². The lowest BCUT2D eigenvalue weighted by atomic mass is 9.63. The van der Waals surface area contributed by atoms with Gasteiger partial charge in [-0.05, 0) is 68.2 Å². The smallest absolute Gasteiger partial charge is 0.211 e. The summed E-state index contributed by atoms with van der Waals surface area (Å²) in [5.41, 5.74) is 1.47. The van der Waals surface area contributed by atoms with E-state index in [2.05, 4.69) is 23.3 Å². The lowest BCUT2D eigenvalue weighted by molar-refractivity contribution is 0.0821. The van der Waals surface area contributed by atoms with Gasteiger partial charge in [-0.25, -0.2) is 26.3 Å². The van der Waals surface area contributed by atoms with Gasteiger partial charge < -0.3 is 0 Å². The van der Waals surface area contributed by atoms with Gasteiger partial charge in [-0.2, -0.15) is 0 Å². The van der Waals surface area contributed by atoms with E-state index >= 15 is 0 Å². The second kappa shape index (κ2) is 8.89. The Morgan fingerprint density at radius 1 is 0.781 bits per heavy atom. The fraction of sp³-hybridized carbons (Fsp3) is 0.500. The zero-order valence-electron chi connectivity index (χ0n) is 19.5. The lowest BCUT2D eigenvalue weighted by Gasteiger charge is -2.46. The average Bonchev–Trinajstić information content (AvgIpc) is 2.65. The Balaban J connectivity index is 1.75. The predicted octanol–water partition coefficient (Wildman–Crippen LogP) is 4.15. The highest BCUT2D eigenvalue weighted by molar-refractivity contribution is 7.89. The Kier molecular flexibility index (Phi) is 6.92. The van der Waals surface area contributed by atoms with Crippen molar-refractivity contribution in [2.75, 3.05) is 6.54 Å². The molecule has 0 saturated heterocycles. The molecule has 0 spiro atoms. The Morgan fingerprint density at radius 2 is 1.25 bits per heavy atom. The highest BCUT2D eigenvalue weighted by Crippen LogP contribution is 2.46. The van der Waals surface area contributed by atoms with Crippen LogP contribution in [0.15, 0.2) is 58.3 Å². The first-order valence-corrected chi connectivity index (χ1v) is 13.8. The van der Waals surface area contributed by atoms with E-state index in [1.165, 1.54) is 0 Å². The molecular weight excluding hydrogens is 444 g/mol. The molecule has 1 aliphatic rings. The number of hydrogen-bond acceptors (Lipinski definition) is 4. The van der Waals surface area contributed by atoms with Crippen LogP contribution in [-0.2, 0) is 20.0 Å². The Bertz CT molecular complexity index is 1160. The predicted molar refractivity (Wildman–Crippen MR) is 127 cm³/mol. The summed E-state index contributed by atoms with van der Waals surface area (Å²) in [7, 11) is -7.30. The van der Waals surface area contributed by atoms with Gasteiger partial charge in [-0.1, -0.05) is 56.2 Å². The van der Waals surface area contributed by atoms with E-state index in [0.29, 0.717) is 12.8 Å². The zero-order valence-corrected chi connectivity index (χ0v) is 21.1. The van der Waals surface area contributed by atoms with Crippen LogP contribution < -0.4 is 9.44 Å². The minimum Gasteiger partial charge on any atom is -0.211 e. The van der Waals surface area contributed by atoms with Crippen molar-refractivity contribution in [2.45, 2.75) is 69.7 Å². The maximum atomic E-state index is 12.9. The van der Waals surface area contributed by atoms with Gasteiger partial charge in [0.15, 0.2) is 0 Å². The molecular formula is C24H34N2O4S2. The molecule has 1 aliphatic carbocycles. The molecule has 1 saturated carbocycles. The number of hydrogen-bond donors (Lipinski definition) is 2. The number of aryl methyl sites for hydroxylation is 2. The third-order valence-corrected chi connectivity index (χ3v) is 9.07. The van der Waals surface area contributed by atoms with Crippen LogP contribution in [0.4, 0.5) is 0 Å². The summed E-state index contributed by atoms with van der Waals surface area (Å²) in [6.07, 6.45) is 2.04. The van der Waals surface area contributed by atoms with Crippen LogP contribution in [-0.4, -0.2) is 29.4 Å². The van der Waals surface area contributed by atoms with E-state index in [1.807, 2.05) is 20.8 Å². The summed E-state index contributed by atoms with van der Waals surface area (Å²) in [5.74, 6) is 0. The SMILES string of the molecule is Cc1ccc(S(=O)(=O)NC[C@]2(C)C[C@@H](NS(=O)(=O)c3ccc(C)cc3)CC(C)(C)C2)cc1. The second-order valence-electron chi connectivity index (χ2n) is 10.3. The molecule has 3 rings (SSSR count). The first kappa shape index (κ1) is 24.9. The van der Waals surface area contributed by atoms with Crippen molar-refractivity contribution in [1.82, 2.24) is 9.44 Å². The molecule has 1 fully saturated rings. The van der Waals surface area contributed by atoms with Gasteiger partial charge in [-0.15, -0.1) is 0 Å². The highest BCUT2D eigenvalue weighted by Gasteiger charge is 2.43. The monoisotopic (exact) mass is 478 g/mol. The maximum absolute atomic E-state index is 12.9. The van der Waals surface area contributed by atoms with Crippen LogP contribution in [0.1, 0.15) is 51.2 Å². The minimum atomic E-state index is -3.66. The summed E-state index contributed by atoms with van der Waals surface area (Å²) < 4.78 is 57.1. The molecule has 0 aromatic heterocycles. The molecule has 8 heteroatoms. The molecule has 176 valence electrons. The standard InChI is InChI=1S/C24H34N2O4S2/c1-18-6-10-21(11-7-18)31(27,28)25-17-24(5)15-20(14-23(3,4)16-24)26-32(29,30)22-12-8-19(2)9-13-22/h6-13,20,25-26H,14-17H2,1-5H3/t20-,24+/m0/s1. The Morgan fingerprint density at radius 3 is 1.75 bits per heavy atom. The molecule has 0 amide bonds. The third-order valence-electron chi connectivity index (χ3n) is 6.12. The van der Waals surface area contributed by atoms with Crippen molar-refractivity contribution in [3.8, 4) is 0 Å². The van der Waals surface area contributed by atoms with Crippen LogP contribution in [0.5, 0.6) is 0 Å². The molecule has 0 radical (unpaired) electrons. The normalized spacial score (nSPS) is 23.7. The number of sulfonamides is 2. The molecule has 0 bridgehead atoms. The van der Waals surface area contributed by atoms with E-state index in [4.69, 9.17) is 0 Å². The lowest BCUT2D eigenvalue weighted by Crippen LogP contribution is -2.50.